The number of terminal acetylenes is 1. The number of carbonyl (C=O) groups excluding carboxylic acids is 5. The molecule has 0 bridgehead atoms. The lowest BCUT2D eigenvalue weighted by Crippen LogP contribution is -2.49. The molecule has 5 aliphatic rings. The second-order valence-electron chi connectivity index (χ2n) is 40.3. The summed E-state index contributed by atoms with van der Waals surface area (Å²) in [4.78, 5) is 67.3. The second kappa shape index (κ2) is 44.7. The number of benzene rings is 6. The number of anilines is 1. The van der Waals surface area contributed by atoms with Crippen molar-refractivity contribution in [2.45, 2.75) is 221 Å². The Morgan fingerprint density at radius 3 is 1.05 bits per heavy atom. The molecule has 5 unspecified atom stereocenters. The Morgan fingerprint density at radius 2 is 0.746 bits per heavy atom. The highest BCUT2D eigenvalue weighted by Gasteiger charge is 2.46. The maximum atomic E-state index is 13.0. The molecule has 11 aromatic rings. The molecule has 1 saturated carbocycles. The Kier molecular flexibility index (Phi) is 34.5. The maximum Gasteiger partial charge on any atom is 0.409 e. The molecule has 29 nitrogen and oxygen atoms in total. The van der Waals surface area contributed by atoms with Gasteiger partial charge in [0.15, 0.2) is 6.61 Å². The smallest absolute Gasteiger partial charge is 0.409 e. The van der Waals surface area contributed by atoms with Crippen LogP contribution in [0.3, 0.4) is 0 Å². The summed E-state index contributed by atoms with van der Waals surface area (Å²) in [7, 11) is 0. The molecule has 138 heavy (non-hydrogen) atoms. The molecule has 6 aromatic carbocycles. The van der Waals surface area contributed by atoms with Gasteiger partial charge in [0.25, 0.3) is 11.8 Å². The topological polar surface area (TPSA) is 400 Å². The van der Waals surface area contributed by atoms with Crippen LogP contribution in [-0.2, 0) is 9.53 Å². The number of rotatable bonds is 23. The van der Waals surface area contributed by atoms with Gasteiger partial charge in [-0.1, -0.05) is 126 Å². The summed E-state index contributed by atoms with van der Waals surface area (Å²) in [6.07, 6.45) is 18.4. The Bertz CT molecular complexity index is 5930. The van der Waals surface area contributed by atoms with Crippen LogP contribution in [0, 0.1) is 57.7 Å². The minimum atomic E-state index is -3.05. The molecular weight excluding hydrogens is 1880 g/mol. The normalized spacial score (nSPS) is 17.1. The van der Waals surface area contributed by atoms with E-state index >= 15 is 0 Å². The van der Waals surface area contributed by atoms with Crippen molar-refractivity contribution in [3.63, 3.8) is 0 Å². The van der Waals surface area contributed by atoms with Crippen LogP contribution in [0.15, 0.2) is 116 Å². The first-order valence-electron chi connectivity index (χ1n) is 46.7. The van der Waals surface area contributed by atoms with Crippen LogP contribution in [-0.4, -0.2) is 215 Å². The molecule has 38 heteroatoms. The number of H-pyrrole nitrogens is 5. The molecule has 5 fully saturated rings. The van der Waals surface area contributed by atoms with E-state index in [4.69, 9.17) is 69.2 Å². The van der Waals surface area contributed by atoms with Gasteiger partial charge in [0, 0.05) is 182 Å². The lowest BCUT2D eigenvalue weighted by Gasteiger charge is -2.43. The van der Waals surface area contributed by atoms with E-state index in [1.807, 2.05) is 75.6 Å². The number of halogens is 9. The number of nitrogens with zero attached hydrogens (tertiary/aromatic N) is 9. The van der Waals surface area contributed by atoms with E-state index in [9.17, 15) is 67.1 Å². The van der Waals surface area contributed by atoms with E-state index in [1.54, 1.807) is 103 Å². The van der Waals surface area contributed by atoms with Crippen LogP contribution < -0.4 is 21.3 Å². The highest BCUT2D eigenvalue weighted by molar-refractivity contribution is 6.33. The van der Waals surface area contributed by atoms with Crippen LogP contribution in [0.5, 0.6) is 0 Å². The third-order valence-electron chi connectivity index (χ3n) is 28.1. The number of likely N-dealkylation sites (tertiary alicyclic amines) is 4. The number of nitrogens with one attached hydrogen (secondary N) is 9. The lowest BCUT2D eigenvalue weighted by atomic mass is 9.68. The van der Waals surface area contributed by atoms with Gasteiger partial charge in [0.05, 0.1) is 95.6 Å². The van der Waals surface area contributed by atoms with Crippen molar-refractivity contribution in [3.05, 3.63) is 174 Å². The standard InChI is InChI=1S/C25H27ClN4O2.C20H27ClF2N4O2.C20H26ClF2N3O3.C20H27ClN4O2.C15H20ClN3O2/c1-4-16-5-7-20(8-6-16)28-24(32)30-11-9-18(10-12-30)25(2,3)23(31)21-14-19(26)13-17-15-27-29-22(17)21;1-19(2,17(28)15-9-14(21)8-12-10-25-26-16(12)15)13-4-6-27(7-5-13)18(29)24-11-20(3,22)23;1-19(2,17(27)15-9-14(21)8-12-10-24-25-16(12)15)13-4-6-26(7-5-13)18(28)29-11-20(3,22)23;1-20(2,13-5-7-25(8-6-13)19(27)23-15-3-4-15)18(26)16-10-14(21)9-12-11-22-24-17(12)16;1-4-13(21)18-15(2,3)7-12(20)11-6-10(16)5-9-8-17-19-14(9)11/h1,5-8,13-15,18,23,31H,9-12H2,2-3H3,(H,27,29)(H,28,32);8-10,13,17,28H,4-7,11H2,1-3H3,(H,24,29)(H,25,26);8-10,13,17,27H,4-7,11H2,1-3H3,(H,24,25);9-11,13,15,18,26H,3-8H2,1-2H3,(H,22,24)(H,23,27);5-6,8,12,20H,4,7H2,1-3H3,(H,17,19)(H,18,21). The highest BCUT2D eigenvalue weighted by atomic mass is 35.5. The van der Waals surface area contributed by atoms with Gasteiger partial charge in [-0.05, 0) is 208 Å². The molecule has 8 amide bonds. The van der Waals surface area contributed by atoms with Gasteiger partial charge in [0.1, 0.15) is 0 Å². The van der Waals surface area contributed by atoms with Gasteiger partial charge < -0.3 is 71.1 Å². The number of aromatic amines is 5. The zero-order chi connectivity index (χ0) is 100. The number of hydrogen-bond donors (Lipinski definition) is 14. The minimum absolute atomic E-state index is 0.0371. The van der Waals surface area contributed by atoms with Crippen LogP contribution >= 0.6 is 58.0 Å². The molecule has 0 radical (unpaired) electrons. The van der Waals surface area contributed by atoms with Crippen molar-refractivity contribution in [2.24, 2.45) is 45.3 Å². The van der Waals surface area contributed by atoms with Crippen LogP contribution in [0.2, 0.25) is 25.1 Å². The van der Waals surface area contributed by atoms with Crippen LogP contribution in [0.1, 0.15) is 231 Å². The number of alkyl halides is 4. The van der Waals surface area contributed by atoms with Gasteiger partial charge >= 0.3 is 24.2 Å². The molecule has 16 rings (SSSR count). The van der Waals surface area contributed by atoms with Crippen LogP contribution in [0.25, 0.3) is 54.5 Å². The lowest BCUT2D eigenvalue weighted by molar-refractivity contribution is -0.122. The first-order chi connectivity index (χ1) is 64.9. The van der Waals surface area contributed by atoms with Gasteiger partial charge in [-0.2, -0.15) is 25.5 Å². The number of aromatic nitrogens is 10. The predicted molar refractivity (Wildman–Crippen MR) is 531 cm³/mol. The molecule has 4 aliphatic heterocycles. The summed E-state index contributed by atoms with van der Waals surface area (Å²) in [6, 6.07) is 25.0. The number of aliphatic hydroxyl groups is 5. The fourth-order valence-corrected chi connectivity index (χ4v) is 20.4. The van der Waals surface area contributed by atoms with Gasteiger partial charge in [-0.15, -0.1) is 6.42 Å². The monoisotopic (exact) mass is 2010 g/mol. The number of hydrogen-bond acceptors (Lipinski definition) is 16. The number of fused-ring (bicyclic) bond motifs is 5. The summed E-state index contributed by atoms with van der Waals surface area (Å²) in [5.41, 5.74) is 6.76. The Balaban J connectivity index is 0.000000156. The molecule has 5 aromatic heterocycles. The van der Waals surface area contributed by atoms with E-state index in [-0.39, 0.29) is 41.1 Å². The zero-order valence-electron chi connectivity index (χ0n) is 80.0. The zero-order valence-corrected chi connectivity index (χ0v) is 83.8. The Hall–Kier alpha value is -10.3. The van der Waals surface area contributed by atoms with Gasteiger partial charge in [0.2, 0.25) is 5.91 Å². The number of carbonyl (C=O) groups is 5. The first-order valence-corrected chi connectivity index (χ1v) is 48.6. The number of urea groups is 3. The number of piperidine rings is 4. The highest BCUT2D eigenvalue weighted by Crippen LogP contribution is 2.52. The summed E-state index contributed by atoms with van der Waals surface area (Å²) < 4.78 is 56.4. The van der Waals surface area contributed by atoms with E-state index in [0.29, 0.717) is 138 Å². The minimum Gasteiger partial charge on any atom is -0.443 e. The predicted octanol–water partition coefficient (Wildman–Crippen LogP) is 21.1. The summed E-state index contributed by atoms with van der Waals surface area (Å²) in [5, 5.41) is 109. The SMILES string of the molecule is C#Cc1ccc(NC(=O)N2CCC(C(C)(C)C(O)c3cc(Cl)cc4cn[nH]c34)CC2)cc1.CC(C)(C1CCN(C(=O)NC2CC2)CC1)C(O)c1cc(Cl)cc2cn[nH]c12.CC(F)(F)CNC(=O)N1CCC(C(C)(C)C(O)c2cc(Cl)cc3cn[nH]c23)CC1.CC(F)(F)COC(=O)N1CCC(C(C)(C)C(O)c2cc(Cl)cc3cn[nH]c23)CC1.CCC(=O)NC(C)(C)CC(O)c1cc(Cl)cc2cn[nH]c12. The Labute approximate surface area is 825 Å². The quantitative estimate of drug-likeness (QED) is 0.0209. The average Bonchev–Trinajstić information content (AvgIpc) is 1.35. The largest absolute Gasteiger partial charge is 0.443 e. The number of ether oxygens (including phenoxy) is 1. The van der Waals surface area contributed by atoms with Gasteiger partial charge in [-0.3, -0.25) is 30.3 Å². The summed E-state index contributed by atoms with van der Waals surface area (Å²) in [6.45, 7) is 26.2. The second-order valence-corrected chi connectivity index (χ2v) is 42.5. The molecule has 14 N–H and O–H groups in total. The molecule has 4 saturated heterocycles. The first kappa shape index (κ1) is 107. The Morgan fingerprint density at radius 1 is 0.442 bits per heavy atom. The van der Waals surface area contributed by atoms with Crippen LogP contribution in [0.4, 0.5) is 42.4 Å². The van der Waals surface area contributed by atoms with Crippen molar-refractivity contribution in [1.29, 1.82) is 0 Å². The number of aliphatic hydroxyl groups excluding tert-OH is 5. The third-order valence-corrected chi connectivity index (χ3v) is 29.2. The van der Waals surface area contributed by atoms with Crippen molar-refractivity contribution in [1.82, 2.24) is 86.5 Å². The van der Waals surface area contributed by atoms with E-state index in [2.05, 4.69) is 106 Å². The summed E-state index contributed by atoms with van der Waals surface area (Å²) >= 11 is 31.1. The van der Waals surface area contributed by atoms with E-state index < -0.39 is 89.4 Å². The van der Waals surface area contributed by atoms with E-state index in [0.717, 1.165) is 135 Å². The third kappa shape index (κ3) is 26.7. The van der Waals surface area contributed by atoms with Crippen molar-refractivity contribution < 1.29 is 71.8 Å². The van der Waals surface area contributed by atoms with Gasteiger partial charge in [-0.25, -0.2) is 36.7 Å². The molecule has 746 valence electrons. The molecular formula is C100H127Cl5F4N18O11. The number of amides is 8. The van der Waals surface area contributed by atoms with Crippen molar-refractivity contribution in [2.75, 3.05) is 70.8 Å². The maximum absolute atomic E-state index is 13.0. The molecule has 0 spiro atoms. The van der Waals surface area contributed by atoms with Crippen molar-refractivity contribution >= 4 is 148 Å². The average molecular weight is 2010 g/mol. The van der Waals surface area contributed by atoms with Crippen molar-refractivity contribution in [3.8, 4) is 12.3 Å². The fourth-order valence-electron chi connectivity index (χ4n) is 19.2. The van der Waals surface area contributed by atoms with E-state index in [1.165, 1.54) is 4.90 Å². The summed E-state index contributed by atoms with van der Waals surface area (Å²) in [5.74, 6) is -2.63. The molecule has 5 atom stereocenters. The molecule has 9 heterocycles. The fraction of sp³-hybridized carbons (Fsp3) is 0.520. The molecule has 1 aliphatic carbocycles.